The summed E-state index contributed by atoms with van der Waals surface area (Å²) in [5, 5.41) is 14.1. The summed E-state index contributed by atoms with van der Waals surface area (Å²) >= 11 is 1.99. The fourth-order valence-electron chi connectivity index (χ4n) is 2.05. The maximum Gasteiger partial charge on any atom is 0.282 e. The summed E-state index contributed by atoms with van der Waals surface area (Å²) in [6.07, 6.45) is 0.911. The molecule has 0 fully saturated rings. The van der Waals surface area contributed by atoms with Gasteiger partial charge in [0.25, 0.3) is 5.69 Å². The van der Waals surface area contributed by atoms with Gasteiger partial charge in [-0.25, -0.2) is 0 Å². The number of anilines is 1. The summed E-state index contributed by atoms with van der Waals surface area (Å²) in [7, 11) is 0. The lowest BCUT2D eigenvalue weighted by molar-refractivity contribution is -0.385. The summed E-state index contributed by atoms with van der Waals surface area (Å²) in [4.78, 5) is 10.4. The Bertz CT molecular complexity index is 602. The normalized spacial score (nSPS) is 11.9. The molecule has 0 amide bonds. The Balaban J connectivity index is 2.03. The van der Waals surface area contributed by atoms with Crippen LogP contribution >= 0.6 is 22.6 Å². The van der Waals surface area contributed by atoms with Crippen molar-refractivity contribution in [3.8, 4) is 0 Å². The van der Waals surface area contributed by atoms with Crippen LogP contribution in [-0.4, -0.2) is 11.0 Å². The number of hydrogen-bond donors (Lipinski definition) is 1. The van der Waals surface area contributed by atoms with Crippen molar-refractivity contribution in [2.24, 2.45) is 0 Å². The van der Waals surface area contributed by atoms with Crippen LogP contribution in [0.4, 0.5) is 11.4 Å². The molecule has 2 aromatic rings. The molecule has 0 heterocycles. The molecule has 4 nitrogen and oxygen atoms in total. The minimum atomic E-state index is -0.362. The Morgan fingerprint density at radius 1 is 1.25 bits per heavy atom. The highest BCUT2D eigenvalue weighted by molar-refractivity contribution is 14.1. The molecule has 20 heavy (non-hydrogen) atoms. The van der Waals surface area contributed by atoms with E-state index in [2.05, 4.69) is 24.4 Å². The number of rotatable bonds is 5. The zero-order chi connectivity index (χ0) is 14.5. The predicted octanol–water partition coefficient (Wildman–Crippen LogP) is 4.24. The van der Waals surface area contributed by atoms with Gasteiger partial charge < -0.3 is 5.32 Å². The molecule has 0 saturated heterocycles. The third-order valence-electron chi connectivity index (χ3n) is 2.94. The van der Waals surface area contributed by atoms with Gasteiger partial charge >= 0.3 is 0 Å². The Morgan fingerprint density at radius 2 is 1.95 bits per heavy atom. The molecule has 1 atom stereocenters. The van der Waals surface area contributed by atoms with Gasteiger partial charge in [-0.1, -0.05) is 30.3 Å². The van der Waals surface area contributed by atoms with Crippen molar-refractivity contribution in [1.29, 1.82) is 0 Å². The van der Waals surface area contributed by atoms with Gasteiger partial charge in [0.15, 0.2) is 0 Å². The summed E-state index contributed by atoms with van der Waals surface area (Å²) in [5.74, 6) is 0. The van der Waals surface area contributed by atoms with Crippen molar-refractivity contribution in [3.63, 3.8) is 0 Å². The molecule has 0 bridgehead atoms. The highest BCUT2D eigenvalue weighted by atomic mass is 127. The average Bonchev–Trinajstić information content (AvgIpc) is 2.39. The van der Waals surface area contributed by atoms with Gasteiger partial charge in [-0.3, -0.25) is 10.1 Å². The maximum atomic E-state index is 10.8. The van der Waals surface area contributed by atoms with Crippen molar-refractivity contribution in [3.05, 3.63) is 67.8 Å². The van der Waals surface area contributed by atoms with Crippen LogP contribution in [0.15, 0.2) is 48.5 Å². The summed E-state index contributed by atoms with van der Waals surface area (Å²) in [5.41, 5.74) is 2.32. The second-order valence-corrected chi connectivity index (χ2v) is 5.82. The van der Waals surface area contributed by atoms with E-state index in [9.17, 15) is 10.1 Å². The van der Waals surface area contributed by atoms with E-state index in [1.807, 2.05) is 40.8 Å². The number of nitrogens with one attached hydrogen (secondary N) is 1. The summed E-state index contributed by atoms with van der Waals surface area (Å²) in [6, 6.07) is 15.6. The van der Waals surface area contributed by atoms with E-state index in [1.54, 1.807) is 18.2 Å². The Labute approximate surface area is 131 Å². The van der Waals surface area contributed by atoms with Crippen molar-refractivity contribution >= 4 is 34.0 Å². The van der Waals surface area contributed by atoms with Crippen LogP contribution in [0.2, 0.25) is 0 Å². The number of nitrogens with zero attached hydrogens (tertiary/aromatic N) is 1. The molecule has 0 aliphatic carbocycles. The van der Waals surface area contributed by atoms with Gasteiger partial charge in [0.05, 0.1) is 8.49 Å². The molecule has 0 aliphatic rings. The van der Waals surface area contributed by atoms with Gasteiger partial charge in [0, 0.05) is 17.8 Å². The molecule has 2 rings (SSSR count). The van der Waals surface area contributed by atoms with E-state index in [4.69, 9.17) is 0 Å². The molecular weight excluding hydrogens is 367 g/mol. The van der Waals surface area contributed by atoms with Gasteiger partial charge in [-0.2, -0.15) is 0 Å². The third-order valence-corrected chi connectivity index (χ3v) is 3.81. The molecule has 0 radical (unpaired) electrons. The Hall–Kier alpha value is -1.63. The lowest BCUT2D eigenvalue weighted by Crippen LogP contribution is -2.18. The minimum absolute atomic E-state index is 0.145. The molecule has 1 unspecified atom stereocenters. The van der Waals surface area contributed by atoms with Crippen LogP contribution < -0.4 is 5.32 Å². The van der Waals surface area contributed by atoms with E-state index < -0.39 is 0 Å². The van der Waals surface area contributed by atoms with Crippen LogP contribution in [0.25, 0.3) is 0 Å². The Morgan fingerprint density at radius 3 is 2.55 bits per heavy atom. The average molecular weight is 382 g/mol. The summed E-state index contributed by atoms with van der Waals surface area (Å²) < 4.78 is 0.643. The van der Waals surface area contributed by atoms with E-state index >= 15 is 0 Å². The zero-order valence-corrected chi connectivity index (χ0v) is 13.2. The van der Waals surface area contributed by atoms with Crippen molar-refractivity contribution in [2.45, 2.75) is 19.4 Å². The lowest BCUT2D eigenvalue weighted by Gasteiger charge is -2.15. The number of hydrogen-bond acceptors (Lipinski definition) is 3. The smallest absolute Gasteiger partial charge is 0.282 e. The fraction of sp³-hybridized carbons (Fsp3) is 0.200. The van der Waals surface area contributed by atoms with Crippen molar-refractivity contribution in [2.75, 3.05) is 5.32 Å². The van der Waals surface area contributed by atoms with E-state index in [1.165, 1.54) is 5.56 Å². The largest absolute Gasteiger partial charge is 0.382 e. The molecular formula is C15H15IN2O2. The first-order valence-electron chi connectivity index (χ1n) is 6.30. The number of halogens is 1. The second kappa shape index (κ2) is 6.69. The van der Waals surface area contributed by atoms with E-state index in [0.29, 0.717) is 3.57 Å². The molecule has 2 aromatic carbocycles. The SMILES string of the molecule is CC(Cc1ccccc1)Nc1ccc([N+](=O)[O-])c(I)c1. The van der Waals surface area contributed by atoms with Crippen LogP contribution in [0.3, 0.4) is 0 Å². The molecule has 0 aromatic heterocycles. The minimum Gasteiger partial charge on any atom is -0.382 e. The first kappa shape index (κ1) is 14.8. The topological polar surface area (TPSA) is 55.2 Å². The molecule has 0 aliphatic heterocycles. The van der Waals surface area contributed by atoms with Gasteiger partial charge in [0.1, 0.15) is 0 Å². The summed E-state index contributed by atoms with van der Waals surface area (Å²) in [6.45, 7) is 2.10. The van der Waals surface area contributed by atoms with Crippen LogP contribution in [0, 0.1) is 13.7 Å². The van der Waals surface area contributed by atoms with Gasteiger partial charge in [-0.05, 0) is 53.6 Å². The maximum absolute atomic E-state index is 10.8. The molecule has 0 spiro atoms. The molecule has 1 N–H and O–H groups in total. The molecule has 5 heteroatoms. The second-order valence-electron chi connectivity index (χ2n) is 4.66. The predicted molar refractivity (Wildman–Crippen MR) is 89.0 cm³/mol. The Kier molecular flexibility index (Phi) is 4.94. The van der Waals surface area contributed by atoms with Gasteiger partial charge in [0.2, 0.25) is 0 Å². The lowest BCUT2D eigenvalue weighted by atomic mass is 10.1. The van der Waals surface area contributed by atoms with Gasteiger partial charge in [-0.15, -0.1) is 0 Å². The zero-order valence-electron chi connectivity index (χ0n) is 11.0. The van der Waals surface area contributed by atoms with E-state index in [0.717, 1.165) is 12.1 Å². The first-order chi connectivity index (χ1) is 9.56. The monoisotopic (exact) mass is 382 g/mol. The van der Waals surface area contributed by atoms with Crippen LogP contribution in [0.5, 0.6) is 0 Å². The third kappa shape index (κ3) is 3.93. The van der Waals surface area contributed by atoms with Crippen molar-refractivity contribution < 1.29 is 4.92 Å². The number of nitro groups is 1. The highest BCUT2D eigenvalue weighted by Crippen LogP contribution is 2.24. The number of nitro benzene ring substituents is 1. The van der Waals surface area contributed by atoms with E-state index in [-0.39, 0.29) is 16.7 Å². The quantitative estimate of drug-likeness (QED) is 0.478. The van der Waals surface area contributed by atoms with Crippen LogP contribution in [0.1, 0.15) is 12.5 Å². The highest BCUT2D eigenvalue weighted by Gasteiger charge is 2.12. The first-order valence-corrected chi connectivity index (χ1v) is 7.38. The fourth-order valence-corrected chi connectivity index (χ4v) is 2.76. The van der Waals surface area contributed by atoms with Crippen LogP contribution in [-0.2, 0) is 6.42 Å². The van der Waals surface area contributed by atoms with Crippen molar-refractivity contribution in [1.82, 2.24) is 0 Å². The molecule has 0 saturated carbocycles. The molecule has 104 valence electrons. The number of benzene rings is 2. The standard InChI is InChI=1S/C15H15IN2O2/c1-11(9-12-5-3-2-4-6-12)17-13-7-8-15(18(19)20)14(16)10-13/h2-8,10-11,17H,9H2,1H3.